The normalized spacial score (nSPS) is 23.0. The van der Waals surface area contributed by atoms with Crippen LogP contribution in [0.1, 0.15) is 19.3 Å². The molecule has 3 rings (SSSR count). The third kappa shape index (κ3) is 4.13. The van der Waals surface area contributed by atoms with Crippen LogP contribution in [0.2, 0.25) is 0 Å². The number of carbonyl (C=O) groups is 1. The topological polar surface area (TPSA) is 91.4 Å². The van der Waals surface area contributed by atoms with Crippen molar-refractivity contribution in [2.45, 2.75) is 19.3 Å². The SMILES string of the molecule is O=C(NC[C@H]1CCS(=O)(=O)C1)Nc1cccnc1N1CCCC1. The molecule has 2 aliphatic rings. The van der Waals surface area contributed by atoms with Crippen molar-refractivity contribution in [2.24, 2.45) is 5.92 Å². The Kier molecular flexibility index (Phi) is 4.70. The second-order valence-electron chi connectivity index (χ2n) is 6.17. The molecule has 0 radical (unpaired) electrons. The fourth-order valence-corrected chi connectivity index (χ4v) is 4.97. The lowest BCUT2D eigenvalue weighted by Gasteiger charge is -2.20. The van der Waals surface area contributed by atoms with Gasteiger partial charge in [0.25, 0.3) is 0 Å². The molecule has 3 heterocycles. The van der Waals surface area contributed by atoms with Crippen LogP contribution in [0.25, 0.3) is 0 Å². The van der Waals surface area contributed by atoms with E-state index in [2.05, 4.69) is 20.5 Å². The maximum absolute atomic E-state index is 12.1. The van der Waals surface area contributed by atoms with E-state index in [1.165, 1.54) is 0 Å². The zero-order valence-electron chi connectivity index (χ0n) is 13.0. The molecule has 2 fully saturated rings. The standard InChI is InChI=1S/C15H22N4O3S/c20-15(17-10-12-5-9-23(21,22)11-12)18-13-4-3-6-16-14(13)19-7-1-2-8-19/h3-4,6,12H,1-2,5,7-11H2,(H2,17,18,20)/t12-/m1/s1. The summed E-state index contributed by atoms with van der Waals surface area (Å²) in [6, 6.07) is 3.31. The summed E-state index contributed by atoms with van der Waals surface area (Å²) in [6.45, 7) is 2.28. The molecule has 2 N–H and O–H groups in total. The van der Waals surface area contributed by atoms with E-state index in [1.807, 2.05) is 6.07 Å². The van der Waals surface area contributed by atoms with Crippen molar-refractivity contribution in [1.29, 1.82) is 0 Å². The first-order chi connectivity index (χ1) is 11.0. The Morgan fingerprint density at radius 3 is 2.83 bits per heavy atom. The molecule has 1 atom stereocenters. The molecule has 0 aromatic carbocycles. The van der Waals surface area contributed by atoms with Gasteiger partial charge >= 0.3 is 6.03 Å². The van der Waals surface area contributed by atoms with E-state index in [-0.39, 0.29) is 23.5 Å². The summed E-state index contributed by atoms with van der Waals surface area (Å²) >= 11 is 0. The van der Waals surface area contributed by atoms with Crippen LogP contribution in [0.5, 0.6) is 0 Å². The Hall–Kier alpha value is -1.83. The summed E-state index contributed by atoms with van der Waals surface area (Å²) in [4.78, 5) is 18.6. The molecule has 0 aliphatic carbocycles. The number of nitrogens with zero attached hydrogens (tertiary/aromatic N) is 2. The number of rotatable bonds is 4. The zero-order chi connectivity index (χ0) is 16.3. The maximum Gasteiger partial charge on any atom is 0.319 e. The Bertz CT molecular complexity index is 671. The Morgan fingerprint density at radius 1 is 1.35 bits per heavy atom. The average molecular weight is 338 g/mol. The van der Waals surface area contributed by atoms with Gasteiger partial charge in [0.1, 0.15) is 0 Å². The number of amides is 2. The summed E-state index contributed by atoms with van der Waals surface area (Å²) in [6.07, 6.45) is 4.62. The van der Waals surface area contributed by atoms with E-state index in [0.717, 1.165) is 31.7 Å². The molecular weight excluding hydrogens is 316 g/mol. The largest absolute Gasteiger partial charge is 0.355 e. The van der Waals surface area contributed by atoms with E-state index >= 15 is 0 Å². The second-order valence-corrected chi connectivity index (χ2v) is 8.40. The highest BCUT2D eigenvalue weighted by Crippen LogP contribution is 2.26. The molecule has 2 saturated heterocycles. The smallest absolute Gasteiger partial charge is 0.319 e. The number of hydrogen-bond donors (Lipinski definition) is 2. The third-order valence-electron chi connectivity index (χ3n) is 4.32. The van der Waals surface area contributed by atoms with Gasteiger partial charge in [0.15, 0.2) is 15.7 Å². The van der Waals surface area contributed by atoms with Gasteiger partial charge < -0.3 is 15.5 Å². The molecule has 0 saturated carbocycles. The van der Waals surface area contributed by atoms with Crippen LogP contribution in [-0.4, -0.2) is 50.6 Å². The monoisotopic (exact) mass is 338 g/mol. The number of anilines is 2. The van der Waals surface area contributed by atoms with Crippen LogP contribution >= 0.6 is 0 Å². The molecule has 0 bridgehead atoms. The van der Waals surface area contributed by atoms with Gasteiger partial charge in [-0.1, -0.05) is 0 Å². The fraction of sp³-hybridized carbons (Fsp3) is 0.600. The van der Waals surface area contributed by atoms with Gasteiger partial charge in [-0.05, 0) is 37.3 Å². The van der Waals surface area contributed by atoms with Crippen molar-refractivity contribution in [3.05, 3.63) is 18.3 Å². The molecule has 7 nitrogen and oxygen atoms in total. The maximum atomic E-state index is 12.1. The van der Waals surface area contributed by atoms with Crippen LogP contribution in [0.4, 0.5) is 16.3 Å². The molecule has 1 aromatic rings. The van der Waals surface area contributed by atoms with Gasteiger partial charge in [-0.25, -0.2) is 18.2 Å². The van der Waals surface area contributed by atoms with Gasteiger partial charge in [-0.3, -0.25) is 0 Å². The number of urea groups is 1. The number of pyridine rings is 1. The van der Waals surface area contributed by atoms with E-state index in [1.54, 1.807) is 12.3 Å². The van der Waals surface area contributed by atoms with Crippen molar-refractivity contribution in [1.82, 2.24) is 10.3 Å². The predicted molar refractivity (Wildman–Crippen MR) is 89.5 cm³/mol. The minimum Gasteiger partial charge on any atom is -0.355 e. The van der Waals surface area contributed by atoms with Crippen LogP contribution in [0.15, 0.2) is 18.3 Å². The Balaban J connectivity index is 1.56. The lowest BCUT2D eigenvalue weighted by molar-refractivity contribution is 0.250. The first-order valence-corrected chi connectivity index (χ1v) is 9.81. The molecule has 0 spiro atoms. The van der Waals surface area contributed by atoms with E-state index < -0.39 is 9.84 Å². The average Bonchev–Trinajstić information content (AvgIpc) is 3.15. The van der Waals surface area contributed by atoms with E-state index in [0.29, 0.717) is 18.7 Å². The highest BCUT2D eigenvalue weighted by atomic mass is 32.2. The number of nitrogens with one attached hydrogen (secondary N) is 2. The first-order valence-electron chi connectivity index (χ1n) is 7.99. The molecule has 1 aromatic heterocycles. The third-order valence-corrected chi connectivity index (χ3v) is 6.16. The number of sulfone groups is 1. The summed E-state index contributed by atoms with van der Waals surface area (Å²) < 4.78 is 22.9. The van der Waals surface area contributed by atoms with Crippen LogP contribution < -0.4 is 15.5 Å². The van der Waals surface area contributed by atoms with E-state index in [9.17, 15) is 13.2 Å². The molecule has 0 unspecified atom stereocenters. The van der Waals surface area contributed by atoms with Crippen LogP contribution in [-0.2, 0) is 9.84 Å². The van der Waals surface area contributed by atoms with Crippen molar-refractivity contribution in [2.75, 3.05) is 41.4 Å². The van der Waals surface area contributed by atoms with Gasteiger partial charge in [-0.2, -0.15) is 0 Å². The van der Waals surface area contributed by atoms with Gasteiger partial charge in [0, 0.05) is 25.8 Å². The van der Waals surface area contributed by atoms with Gasteiger partial charge in [0.2, 0.25) is 0 Å². The molecule has 2 amide bonds. The fourth-order valence-electron chi connectivity index (χ4n) is 3.11. The highest BCUT2D eigenvalue weighted by Gasteiger charge is 2.28. The number of hydrogen-bond acceptors (Lipinski definition) is 5. The molecule has 2 aliphatic heterocycles. The van der Waals surface area contributed by atoms with Crippen molar-refractivity contribution in [3.63, 3.8) is 0 Å². The Labute approximate surface area is 136 Å². The number of aromatic nitrogens is 1. The van der Waals surface area contributed by atoms with Crippen molar-refractivity contribution in [3.8, 4) is 0 Å². The lowest BCUT2D eigenvalue weighted by atomic mass is 10.1. The molecule has 8 heteroatoms. The molecular formula is C15H22N4O3S. The van der Waals surface area contributed by atoms with Crippen molar-refractivity contribution < 1.29 is 13.2 Å². The molecule has 23 heavy (non-hydrogen) atoms. The Morgan fingerprint density at radius 2 is 2.13 bits per heavy atom. The lowest BCUT2D eigenvalue weighted by Crippen LogP contribution is -2.34. The quantitative estimate of drug-likeness (QED) is 0.862. The minimum absolute atomic E-state index is 0.0118. The summed E-state index contributed by atoms with van der Waals surface area (Å²) in [5.74, 6) is 1.20. The highest BCUT2D eigenvalue weighted by molar-refractivity contribution is 7.91. The minimum atomic E-state index is -2.91. The summed E-state index contributed by atoms with van der Waals surface area (Å²) in [7, 11) is -2.91. The summed E-state index contributed by atoms with van der Waals surface area (Å²) in [5.41, 5.74) is 0.686. The predicted octanol–water partition coefficient (Wildman–Crippen LogP) is 1.24. The van der Waals surface area contributed by atoms with Gasteiger partial charge in [0.05, 0.1) is 17.2 Å². The van der Waals surface area contributed by atoms with E-state index in [4.69, 9.17) is 0 Å². The van der Waals surface area contributed by atoms with Gasteiger partial charge in [-0.15, -0.1) is 0 Å². The second kappa shape index (κ2) is 6.74. The zero-order valence-corrected chi connectivity index (χ0v) is 13.8. The molecule has 126 valence electrons. The summed E-state index contributed by atoms with van der Waals surface area (Å²) in [5, 5.41) is 5.60. The first kappa shape index (κ1) is 16.0. The van der Waals surface area contributed by atoms with Crippen molar-refractivity contribution >= 4 is 27.4 Å². The number of carbonyl (C=O) groups excluding carboxylic acids is 1. The van der Waals surface area contributed by atoms with Crippen LogP contribution in [0, 0.1) is 5.92 Å². The van der Waals surface area contributed by atoms with Crippen LogP contribution in [0.3, 0.4) is 0 Å².